The summed E-state index contributed by atoms with van der Waals surface area (Å²) < 4.78 is 13.5. The number of likely N-dealkylation sites (tertiary alicyclic amines) is 1. The van der Waals surface area contributed by atoms with Crippen LogP contribution < -0.4 is 16.4 Å². The maximum atomic E-state index is 13.5. The van der Waals surface area contributed by atoms with E-state index in [4.69, 9.17) is 0 Å². The van der Waals surface area contributed by atoms with Gasteiger partial charge in [-0.25, -0.2) is 9.18 Å². The third-order valence-electron chi connectivity index (χ3n) is 8.54. The van der Waals surface area contributed by atoms with Crippen LogP contribution in [0, 0.1) is 5.82 Å². The number of nitrogens with one attached hydrogen (secondary N) is 2. The quantitative estimate of drug-likeness (QED) is 0.476. The number of carbonyl (C=O) groups is 2. The zero-order valence-electron chi connectivity index (χ0n) is 21.5. The smallest absolute Gasteiger partial charge is 0.318 e. The van der Waals surface area contributed by atoms with Crippen LogP contribution in [-0.4, -0.2) is 52.5 Å². The fourth-order valence-electron chi connectivity index (χ4n) is 6.62. The zero-order chi connectivity index (χ0) is 26.2. The zero-order valence-corrected chi connectivity index (χ0v) is 21.5. The van der Waals surface area contributed by atoms with Gasteiger partial charge in [0.15, 0.2) is 5.69 Å². The topological polar surface area (TPSA) is 92.3 Å². The highest BCUT2D eigenvalue weighted by atomic mass is 19.1. The van der Waals surface area contributed by atoms with Gasteiger partial charge in [0.2, 0.25) is 5.91 Å². The number of halogens is 1. The molecule has 2 bridgehead atoms. The second kappa shape index (κ2) is 10.3. The van der Waals surface area contributed by atoms with Crippen molar-refractivity contribution < 1.29 is 19.7 Å². The maximum absolute atomic E-state index is 13.5. The van der Waals surface area contributed by atoms with Crippen LogP contribution in [0.3, 0.4) is 0 Å². The predicted molar refractivity (Wildman–Crippen MR) is 145 cm³/mol. The van der Waals surface area contributed by atoms with Crippen LogP contribution in [0.15, 0.2) is 60.7 Å². The molecule has 7 nitrogen and oxygen atoms in total. The third-order valence-corrected chi connectivity index (χ3v) is 8.54. The van der Waals surface area contributed by atoms with Crippen LogP contribution in [0.1, 0.15) is 44.1 Å². The Morgan fingerprint density at radius 1 is 0.947 bits per heavy atom. The number of quaternary nitrogens is 1. The van der Waals surface area contributed by atoms with Gasteiger partial charge in [0.1, 0.15) is 17.5 Å². The Kier molecular flexibility index (Phi) is 6.76. The molecule has 3 aromatic carbocycles. The Bertz CT molecular complexity index is 1350. The number of para-hydroxylation sites is 1. The minimum atomic E-state index is -0.465. The first-order chi connectivity index (χ1) is 18.4. The molecule has 0 aromatic heterocycles. The Hall–Kier alpha value is -3.49. The summed E-state index contributed by atoms with van der Waals surface area (Å²) in [5.41, 5.74) is 6.66. The highest BCUT2D eigenvalue weighted by Gasteiger charge is 2.42. The molecular weight excluding hydrogens is 481 g/mol. The van der Waals surface area contributed by atoms with Gasteiger partial charge in [-0.1, -0.05) is 30.3 Å². The van der Waals surface area contributed by atoms with Crippen LogP contribution in [0.25, 0.3) is 10.8 Å². The number of benzene rings is 3. The van der Waals surface area contributed by atoms with Crippen molar-refractivity contribution in [3.05, 3.63) is 72.0 Å². The van der Waals surface area contributed by atoms with Crippen molar-refractivity contribution in [3.8, 4) is 0 Å². The summed E-state index contributed by atoms with van der Waals surface area (Å²) in [6.45, 7) is 1.46. The predicted octanol–water partition coefficient (Wildman–Crippen LogP) is 4.16. The summed E-state index contributed by atoms with van der Waals surface area (Å²) in [4.78, 5) is 30.6. The number of piperidine rings is 1. The number of amides is 3. The van der Waals surface area contributed by atoms with E-state index in [1.54, 1.807) is 11.0 Å². The normalized spacial score (nSPS) is 25.1. The van der Waals surface area contributed by atoms with Crippen molar-refractivity contribution >= 4 is 34.1 Å². The molecule has 3 atom stereocenters. The molecule has 8 heteroatoms. The largest absolute Gasteiger partial charge is 0.335 e. The molecule has 0 radical (unpaired) electrons. The van der Waals surface area contributed by atoms with Gasteiger partial charge in [0.05, 0.1) is 0 Å². The highest BCUT2D eigenvalue weighted by molar-refractivity contribution is 5.98. The van der Waals surface area contributed by atoms with Gasteiger partial charge >= 0.3 is 6.03 Å². The molecule has 5 N–H and O–H groups in total. The lowest BCUT2D eigenvalue weighted by Gasteiger charge is -2.40. The lowest BCUT2D eigenvalue weighted by Crippen LogP contribution is -2.54. The first-order valence-corrected chi connectivity index (χ1v) is 13.7. The molecule has 0 unspecified atom stereocenters. The Morgan fingerprint density at radius 3 is 2.47 bits per heavy atom. The maximum Gasteiger partial charge on any atom is 0.318 e. The standard InChI is InChI=1S/C30H34FN5O2/c31-22-10-9-20-14-19(7-8-21(20)15-22)18-36-24-11-12-25(36)17-23(16-24)33-30(38)35-13-3-6-28(35)29(37)34-27-5-2-1-4-26(27)32/h1-2,4-5,7-10,14-15,23-25,28H,3,6,11-13,16-18,32H2,(H,33,38)(H,34,37)/p+1/t24-,25-,28+/m1/s1. The average molecular weight is 517 g/mol. The number of nitrogens with zero attached hydrogens (tertiary/aromatic N) is 2. The van der Waals surface area contributed by atoms with Gasteiger partial charge < -0.3 is 21.3 Å². The average Bonchev–Trinajstić information content (AvgIpc) is 3.48. The van der Waals surface area contributed by atoms with Crippen molar-refractivity contribution in [1.82, 2.24) is 15.1 Å². The molecule has 3 heterocycles. The number of hydrogen-bond acceptors (Lipinski definition) is 3. The van der Waals surface area contributed by atoms with E-state index in [1.807, 2.05) is 36.4 Å². The molecule has 0 spiro atoms. The van der Waals surface area contributed by atoms with E-state index in [-0.39, 0.29) is 23.8 Å². The summed E-state index contributed by atoms with van der Waals surface area (Å²) in [7, 11) is 0. The number of urea groups is 1. The summed E-state index contributed by atoms with van der Waals surface area (Å²) in [6.07, 6.45) is 5.59. The number of hydrogen-bond donors (Lipinski definition) is 3. The van der Waals surface area contributed by atoms with Crippen LogP contribution in [0.4, 0.5) is 20.6 Å². The molecule has 3 aliphatic rings. The molecule has 3 saturated heterocycles. The van der Waals surface area contributed by atoms with Crippen molar-refractivity contribution in [3.63, 3.8) is 0 Å². The fourth-order valence-corrected chi connectivity index (χ4v) is 6.62. The summed E-state index contributed by atoms with van der Waals surface area (Å²) >= 11 is 0. The lowest BCUT2D eigenvalue weighted by molar-refractivity contribution is -0.253. The number of carbonyl (C=O) groups excluding carboxylic acids is 2. The Balaban J connectivity index is 1.06. The van der Waals surface area contributed by atoms with Gasteiger partial charge in [-0.2, -0.15) is 0 Å². The highest BCUT2D eigenvalue weighted by Crippen LogP contribution is 2.37. The number of anilines is 1. The van der Waals surface area contributed by atoms with Gasteiger partial charge in [-0.3, -0.25) is 9.69 Å². The van der Waals surface area contributed by atoms with Gasteiger partial charge in [-0.05, 0) is 79.1 Å². The van der Waals surface area contributed by atoms with E-state index in [2.05, 4.69) is 33.4 Å². The molecule has 38 heavy (non-hydrogen) atoms. The monoisotopic (exact) mass is 516 g/mol. The Morgan fingerprint density at radius 2 is 1.68 bits per heavy atom. The molecule has 198 valence electrons. The lowest BCUT2D eigenvalue weighted by atomic mass is 9.96. The van der Waals surface area contributed by atoms with Gasteiger partial charge in [0, 0.05) is 37.3 Å². The van der Waals surface area contributed by atoms with Crippen LogP contribution in [0.5, 0.6) is 0 Å². The van der Waals surface area contributed by atoms with Gasteiger partial charge in [0.25, 0.3) is 0 Å². The van der Waals surface area contributed by atoms with E-state index >= 15 is 0 Å². The molecule has 0 aliphatic carbocycles. The van der Waals surface area contributed by atoms with Crippen molar-refractivity contribution in [2.24, 2.45) is 0 Å². The van der Waals surface area contributed by atoms with Crippen LogP contribution in [-0.2, 0) is 11.3 Å². The molecule has 0 saturated carbocycles. The summed E-state index contributed by atoms with van der Waals surface area (Å²) in [5.74, 6) is -0.362. The van der Waals surface area contributed by atoms with Crippen molar-refractivity contribution in [2.75, 3.05) is 11.9 Å². The summed E-state index contributed by atoms with van der Waals surface area (Å²) in [5, 5.41) is 8.20. The first-order valence-electron chi connectivity index (χ1n) is 13.7. The minimum absolute atomic E-state index is 0.112. The molecule has 3 aromatic rings. The SMILES string of the molecule is [NH3+]c1ccccc1NC(=O)[C@@H]1CCCN1C(=O)NC1C[C@H]2CC[C@H](C1)N2Cc1ccc2cc(F)ccc2c1. The minimum Gasteiger partial charge on any atom is -0.335 e. The molecule has 3 aliphatic heterocycles. The van der Waals surface area contributed by atoms with Crippen molar-refractivity contribution in [1.29, 1.82) is 0 Å². The molecule has 3 fully saturated rings. The number of rotatable bonds is 5. The Labute approximate surface area is 222 Å². The first kappa shape index (κ1) is 24.8. The molecular formula is C30H35FN5O2+. The van der Waals surface area contributed by atoms with E-state index in [9.17, 15) is 14.0 Å². The number of fused-ring (bicyclic) bond motifs is 3. The second-order valence-corrected chi connectivity index (χ2v) is 11.0. The van der Waals surface area contributed by atoms with E-state index in [0.717, 1.165) is 55.1 Å². The van der Waals surface area contributed by atoms with E-state index in [0.29, 0.717) is 30.7 Å². The molecule has 3 amide bonds. The van der Waals surface area contributed by atoms with Crippen LogP contribution >= 0.6 is 0 Å². The van der Waals surface area contributed by atoms with Crippen molar-refractivity contribution in [2.45, 2.75) is 69.2 Å². The van der Waals surface area contributed by atoms with Crippen LogP contribution in [0.2, 0.25) is 0 Å². The fraction of sp³-hybridized carbons (Fsp3) is 0.400. The van der Waals surface area contributed by atoms with E-state index in [1.165, 1.54) is 11.6 Å². The van der Waals surface area contributed by atoms with Gasteiger partial charge in [-0.15, -0.1) is 0 Å². The van der Waals surface area contributed by atoms with E-state index < -0.39 is 6.04 Å². The third kappa shape index (κ3) is 4.98. The molecule has 6 rings (SSSR count). The second-order valence-electron chi connectivity index (χ2n) is 11.0. The summed E-state index contributed by atoms with van der Waals surface area (Å²) in [6, 6.07) is 19.0.